The molecule has 1 fully saturated rings. The van der Waals surface area contributed by atoms with E-state index in [0.717, 1.165) is 49.1 Å². The van der Waals surface area contributed by atoms with Gasteiger partial charge in [-0.25, -0.2) is 8.42 Å². The lowest BCUT2D eigenvalue weighted by Crippen LogP contribution is -2.37. The van der Waals surface area contributed by atoms with Gasteiger partial charge in [0.2, 0.25) is 15.9 Å². The van der Waals surface area contributed by atoms with E-state index in [4.69, 9.17) is 4.74 Å². The number of carbonyl (C=O) groups is 1. The number of piperidine rings is 1. The Labute approximate surface area is 184 Å². The summed E-state index contributed by atoms with van der Waals surface area (Å²) in [7, 11) is -1.83. The predicted octanol–water partition coefficient (Wildman–Crippen LogP) is 3.70. The van der Waals surface area contributed by atoms with Crippen LogP contribution in [0.4, 0.5) is 5.69 Å². The van der Waals surface area contributed by atoms with Gasteiger partial charge in [0, 0.05) is 19.6 Å². The highest BCUT2D eigenvalue weighted by atomic mass is 32.2. The molecule has 2 aromatic rings. The molecule has 2 aliphatic heterocycles. The van der Waals surface area contributed by atoms with Gasteiger partial charge < -0.3 is 9.64 Å². The van der Waals surface area contributed by atoms with Crippen LogP contribution in [0.15, 0.2) is 41.3 Å². The second kappa shape index (κ2) is 9.01. The minimum absolute atomic E-state index is 0.00325. The van der Waals surface area contributed by atoms with Crippen LogP contribution in [-0.4, -0.2) is 45.4 Å². The van der Waals surface area contributed by atoms with Crippen molar-refractivity contribution in [2.45, 2.75) is 50.3 Å². The zero-order chi connectivity index (χ0) is 22.0. The molecule has 1 saturated heterocycles. The number of hydrogen-bond acceptors (Lipinski definition) is 4. The van der Waals surface area contributed by atoms with Crippen LogP contribution in [0.2, 0.25) is 0 Å². The highest BCUT2D eigenvalue weighted by molar-refractivity contribution is 7.89. The Morgan fingerprint density at radius 1 is 0.968 bits per heavy atom. The number of sulfonamides is 1. The quantitative estimate of drug-likeness (QED) is 0.708. The number of rotatable bonds is 5. The molecule has 0 radical (unpaired) electrons. The van der Waals surface area contributed by atoms with Crippen molar-refractivity contribution >= 4 is 21.6 Å². The van der Waals surface area contributed by atoms with Gasteiger partial charge in [-0.3, -0.25) is 4.79 Å². The molecular weight excluding hydrogens is 412 g/mol. The molecule has 0 spiro atoms. The maximum atomic E-state index is 13.2. The lowest BCUT2D eigenvalue weighted by molar-refractivity contribution is -0.118. The van der Waals surface area contributed by atoms with E-state index in [1.165, 1.54) is 11.1 Å². The summed E-state index contributed by atoms with van der Waals surface area (Å²) in [6, 6.07) is 10.7. The van der Waals surface area contributed by atoms with Gasteiger partial charge in [-0.05, 0) is 67.5 Å². The van der Waals surface area contributed by atoms with E-state index >= 15 is 0 Å². The van der Waals surface area contributed by atoms with E-state index in [2.05, 4.69) is 6.92 Å². The molecule has 0 aliphatic carbocycles. The number of benzene rings is 2. The van der Waals surface area contributed by atoms with E-state index in [1.807, 2.05) is 17.0 Å². The van der Waals surface area contributed by atoms with Crippen LogP contribution >= 0.6 is 0 Å². The Balaban J connectivity index is 1.52. The van der Waals surface area contributed by atoms with Gasteiger partial charge in [0.1, 0.15) is 5.75 Å². The third-order valence-electron chi connectivity index (χ3n) is 6.31. The highest BCUT2D eigenvalue weighted by Gasteiger charge is 2.28. The summed E-state index contributed by atoms with van der Waals surface area (Å²) in [4.78, 5) is 15.3. The minimum atomic E-state index is -3.46. The van der Waals surface area contributed by atoms with Gasteiger partial charge in [0.05, 0.1) is 24.1 Å². The SMILES string of the molecule is COc1ccc(C)c2c1N(C(=O)Cc1ccc(S(=O)(=O)N3CCCCC3)cc1)CCC2. The number of hydrogen-bond donors (Lipinski definition) is 0. The summed E-state index contributed by atoms with van der Waals surface area (Å²) >= 11 is 0. The fraction of sp³-hybridized carbons (Fsp3) is 0.458. The Morgan fingerprint density at radius 3 is 2.35 bits per heavy atom. The van der Waals surface area contributed by atoms with Gasteiger partial charge in [-0.15, -0.1) is 0 Å². The second-order valence-electron chi connectivity index (χ2n) is 8.35. The molecule has 2 aromatic carbocycles. The van der Waals surface area contributed by atoms with Crippen LogP contribution in [0.3, 0.4) is 0 Å². The molecule has 7 heteroatoms. The first-order valence-electron chi connectivity index (χ1n) is 11.0. The van der Waals surface area contributed by atoms with E-state index in [1.54, 1.807) is 35.7 Å². The molecule has 0 N–H and O–H groups in total. The molecule has 2 heterocycles. The van der Waals surface area contributed by atoms with Crippen LogP contribution in [0.1, 0.15) is 42.4 Å². The maximum Gasteiger partial charge on any atom is 0.243 e. The number of aryl methyl sites for hydroxylation is 1. The van der Waals surface area contributed by atoms with Gasteiger partial charge in [0.25, 0.3) is 0 Å². The Hall–Kier alpha value is -2.38. The van der Waals surface area contributed by atoms with E-state index < -0.39 is 10.0 Å². The van der Waals surface area contributed by atoms with Gasteiger partial charge in [-0.1, -0.05) is 24.6 Å². The maximum absolute atomic E-state index is 13.2. The topological polar surface area (TPSA) is 66.9 Å². The average Bonchev–Trinajstić information content (AvgIpc) is 2.80. The first kappa shape index (κ1) is 21.8. The molecule has 31 heavy (non-hydrogen) atoms. The zero-order valence-electron chi connectivity index (χ0n) is 18.3. The first-order valence-corrected chi connectivity index (χ1v) is 12.4. The monoisotopic (exact) mass is 442 g/mol. The zero-order valence-corrected chi connectivity index (χ0v) is 19.1. The normalized spacial score (nSPS) is 17.3. The molecule has 0 bridgehead atoms. The summed E-state index contributed by atoms with van der Waals surface area (Å²) < 4.78 is 32.8. The lowest BCUT2D eigenvalue weighted by Gasteiger charge is -2.32. The number of anilines is 1. The number of amides is 1. The third-order valence-corrected chi connectivity index (χ3v) is 8.22. The molecule has 0 saturated carbocycles. The fourth-order valence-electron chi connectivity index (χ4n) is 4.57. The van der Waals surface area contributed by atoms with Gasteiger partial charge in [0.15, 0.2) is 0 Å². The van der Waals surface area contributed by atoms with Crippen LogP contribution < -0.4 is 9.64 Å². The number of carbonyl (C=O) groups excluding carboxylic acids is 1. The molecule has 0 atom stereocenters. The Kier molecular flexibility index (Phi) is 6.34. The minimum Gasteiger partial charge on any atom is -0.495 e. The number of nitrogens with zero attached hydrogens (tertiary/aromatic N) is 2. The van der Waals surface area contributed by atoms with Gasteiger partial charge >= 0.3 is 0 Å². The molecule has 2 aliphatic rings. The van der Waals surface area contributed by atoms with Gasteiger partial charge in [-0.2, -0.15) is 4.31 Å². The highest BCUT2D eigenvalue weighted by Crippen LogP contribution is 2.38. The van der Waals surface area contributed by atoms with E-state index in [-0.39, 0.29) is 12.3 Å². The molecule has 166 valence electrons. The predicted molar refractivity (Wildman–Crippen MR) is 121 cm³/mol. The molecule has 4 rings (SSSR count). The number of ether oxygens (including phenoxy) is 1. The number of fused-ring (bicyclic) bond motifs is 1. The van der Waals surface area contributed by atoms with E-state index in [0.29, 0.717) is 24.5 Å². The second-order valence-corrected chi connectivity index (χ2v) is 10.3. The molecule has 1 amide bonds. The van der Waals surface area contributed by atoms with Crippen molar-refractivity contribution in [1.82, 2.24) is 4.31 Å². The summed E-state index contributed by atoms with van der Waals surface area (Å²) in [6.45, 7) is 3.89. The van der Waals surface area contributed by atoms with Crippen LogP contribution in [0.25, 0.3) is 0 Å². The summed E-state index contributed by atoms with van der Waals surface area (Å²) in [5, 5.41) is 0. The Bertz CT molecular complexity index is 1060. The van der Waals surface area contributed by atoms with Crippen molar-refractivity contribution in [2.75, 3.05) is 31.6 Å². The molecule has 0 unspecified atom stereocenters. The largest absolute Gasteiger partial charge is 0.495 e. The van der Waals surface area contributed by atoms with Crippen molar-refractivity contribution in [1.29, 1.82) is 0 Å². The van der Waals surface area contributed by atoms with Crippen molar-refractivity contribution in [3.8, 4) is 5.75 Å². The summed E-state index contributed by atoms with van der Waals surface area (Å²) in [6.07, 6.45) is 4.97. The standard InChI is InChI=1S/C24H30N2O4S/c1-18-8-13-22(30-2)24-21(18)7-6-16-26(24)23(27)17-19-9-11-20(12-10-19)31(28,29)25-14-4-3-5-15-25/h8-13H,3-7,14-17H2,1-2H3. The lowest BCUT2D eigenvalue weighted by atomic mass is 9.95. The van der Waals surface area contributed by atoms with Crippen molar-refractivity contribution in [3.63, 3.8) is 0 Å². The van der Waals surface area contributed by atoms with Crippen molar-refractivity contribution in [2.24, 2.45) is 0 Å². The van der Waals surface area contributed by atoms with Crippen molar-refractivity contribution < 1.29 is 17.9 Å². The molecular formula is C24H30N2O4S. The average molecular weight is 443 g/mol. The van der Waals surface area contributed by atoms with E-state index in [9.17, 15) is 13.2 Å². The van der Waals surface area contributed by atoms with Crippen LogP contribution in [-0.2, 0) is 27.7 Å². The van der Waals surface area contributed by atoms with Crippen molar-refractivity contribution in [3.05, 3.63) is 53.1 Å². The summed E-state index contributed by atoms with van der Waals surface area (Å²) in [5.74, 6) is 0.716. The van der Waals surface area contributed by atoms with Crippen LogP contribution in [0.5, 0.6) is 5.75 Å². The number of methoxy groups -OCH3 is 1. The molecule has 6 nitrogen and oxygen atoms in total. The summed E-state index contributed by atoms with van der Waals surface area (Å²) in [5.41, 5.74) is 4.02. The molecule has 0 aromatic heterocycles. The third kappa shape index (κ3) is 4.34. The fourth-order valence-corrected chi connectivity index (χ4v) is 6.09. The smallest absolute Gasteiger partial charge is 0.243 e. The van der Waals surface area contributed by atoms with Crippen LogP contribution in [0, 0.1) is 6.92 Å². The first-order chi connectivity index (χ1) is 14.9. The Morgan fingerprint density at radius 2 is 1.68 bits per heavy atom.